The van der Waals surface area contributed by atoms with Crippen LogP contribution in [0.15, 0.2) is 12.3 Å². The minimum atomic E-state index is 0.373. The molecule has 1 fully saturated rings. The first-order valence-electron chi connectivity index (χ1n) is 5.75. The van der Waals surface area contributed by atoms with E-state index in [1.165, 1.54) is 0 Å². The predicted octanol–water partition coefficient (Wildman–Crippen LogP) is 2.01. The molecule has 0 aromatic carbocycles. The third-order valence-corrected chi connectivity index (χ3v) is 3.59. The van der Waals surface area contributed by atoms with Crippen molar-refractivity contribution in [2.24, 2.45) is 0 Å². The van der Waals surface area contributed by atoms with E-state index in [1.54, 1.807) is 6.20 Å². The van der Waals surface area contributed by atoms with Gasteiger partial charge in [0.2, 0.25) is 0 Å². The maximum Gasteiger partial charge on any atom is 0.0618 e. The van der Waals surface area contributed by atoms with E-state index in [2.05, 4.69) is 28.2 Å². The van der Waals surface area contributed by atoms with Crippen LogP contribution >= 0.6 is 11.6 Å². The molecule has 0 radical (unpaired) electrons. The second kappa shape index (κ2) is 5.13. The summed E-state index contributed by atoms with van der Waals surface area (Å²) in [5.74, 6) is 0. The molecule has 1 N–H and O–H groups in total. The minimum absolute atomic E-state index is 0.373. The van der Waals surface area contributed by atoms with Crippen LogP contribution in [0.5, 0.6) is 0 Å². The van der Waals surface area contributed by atoms with Gasteiger partial charge >= 0.3 is 0 Å². The predicted molar refractivity (Wildman–Crippen MR) is 66.8 cm³/mol. The van der Waals surface area contributed by atoms with E-state index in [0.717, 1.165) is 42.5 Å². The third kappa shape index (κ3) is 2.54. The average Bonchev–Trinajstić information content (AvgIpc) is 2.33. The molecule has 0 amide bonds. The first-order valence-corrected chi connectivity index (χ1v) is 6.13. The van der Waals surface area contributed by atoms with Crippen LogP contribution in [0.2, 0.25) is 5.02 Å². The number of rotatable bonds is 2. The highest BCUT2D eigenvalue weighted by molar-refractivity contribution is 6.31. The molecule has 88 valence electrons. The minimum Gasteiger partial charge on any atom is -0.314 e. The highest BCUT2D eigenvalue weighted by Crippen LogP contribution is 2.22. The SMILES string of the molecule is Cc1cc(C(C)N2CCNCC2)ncc1Cl. The van der Waals surface area contributed by atoms with E-state index in [4.69, 9.17) is 11.6 Å². The van der Waals surface area contributed by atoms with Gasteiger partial charge in [-0.2, -0.15) is 0 Å². The van der Waals surface area contributed by atoms with Gasteiger partial charge in [-0.25, -0.2) is 0 Å². The number of piperazine rings is 1. The zero-order chi connectivity index (χ0) is 11.5. The van der Waals surface area contributed by atoms with Gasteiger partial charge in [0.05, 0.1) is 10.7 Å². The Bertz CT molecular complexity index is 361. The van der Waals surface area contributed by atoms with Crippen molar-refractivity contribution in [2.75, 3.05) is 26.2 Å². The molecule has 0 saturated carbocycles. The Balaban J connectivity index is 2.12. The molecule has 1 atom stereocenters. The van der Waals surface area contributed by atoms with Gasteiger partial charge in [-0.3, -0.25) is 9.88 Å². The van der Waals surface area contributed by atoms with E-state index >= 15 is 0 Å². The first-order chi connectivity index (χ1) is 7.68. The van der Waals surface area contributed by atoms with Crippen LogP contribution in [-0.4, -0.2) is 36.1 Å². The molecule has 0 spiro atoms. The van der Waals surface area contributed by atoms with Gasteiger partial charge < -0.3 is 5.32 Å². The largest absolute Gasteiger partial charge is 0.314 e. The van der Waals surface area contributed by atoms with Crippen LogP contribution in [0.25, 0.3) is 0 Å². The fourth-order valence-corrected chi connectivity index (χ4v) is 2.15. The van der Waals surface area contributed by atoms with Crippen molar-refractivity contribution in [3.05, 3.63) is 28.5 Å². The zero-order valence-electron chi connectivity index (χ0n) is 9.83. The van der Waals surface area contributed by atoms with Crippen LogP contribution in [0.4, 0.5) is 0 Å². The summed E-state index contributed by atoms with van der Waals surface area (Å²) in [5, 5.41) is 4.10. The van der Waals surface area contributed by atoms with Gasteiger partial charge in [-0.15, -0.1) is 0 Å². The van der Waals surface area contributed by atoms with E-state index in [-0.39, 0.29) is 0 Å². The molecule has 1 aromatic rings. The summed E-state index contributed by atoms with van der Waals surface area (Å²) in [5.41, 5.74) is 2.22. The molecule has 1 unspecified atom stereocenters. The molecule has 1 aliphatic heterocycles. The number of nitrogens with one attached hydrogen (secondary N) is 1. The maximum atomic E-state index is 5.99. The zero-order valence-corrected chi connectivity index (χ0v) is 10.6. The Morgan fingerprint density at radius 2 is 2.12 bits per heavy atom. The molecule has 1 aromatic heterocycles. The summed E-state index contributed by atoms with van der Waals surface area (Å²) in [6.45, 7) is 8.54. The Hall–Kier alpha value is -0.640. The monoisotopic (exact) mass is 239 g/mol. The van der Waals surface area contributed by atoms with Gasteiger partial charge in [-0.1, -0.05) is 11.6 Å². The van der Waals surface area contributed by atoms with Gasteiger partial charge in [0, 0.05) is 38.4 Å². The molecule has 0 bridgehead atoms. The molecule has 1 saturated heterocycles. The number of hydrogen-bond donors (Lipinski definition) is 1. The smallest absolute Gasteiger partial charge is 0.0618 e. The van der Waals surface area contributed by atoms with Crippen LogP contribution in [0.3, 0.4) is 0 Å². The van der Waals surface area contributed by atoms with Gasteiger partial charge in [0.25, 0.3) is 0 Å². The van der Waals surface area contributed by atoms with E-state index in [0.29, 0.717) is 6.04 Å². The van der Waals surface area contributed by atoms with Crippen molar-refractivity contribution in [1.29, 1.82) is 0 Å². The number of hydrogen-bond acceptors (Lipinski definition) is 3. The molecule has 0 aliphatic carbocycles. The van der Waals surface area contributed by atoms with Crippen molar-refractivity contribution in [3.63, 3.8) is 0 Å². The molecule has 1 aliphatic rings. The summed E-state index contributed by atoms with van der Waals surface area (Å²) in [6.07, 6.45) is 1.75. The standard InChI is InChI=1S/C12H18ClN3/c1-9-7-12(15-8-11(9)13)10(2)16-5-3-14-4-6-16/h7-8,10,14H,3-6H2,1-2H3. The average molecular weight is 240 g/mol. The fraction of sp³-hybridized carbons (Fsp3) is 0.583. The quantitative estimate of drug-likeness (QED) is 0.856. The molecule has 16 heavy (non-hydrogen) atoms. The van der Waals surface area contributed by atoms with Crippen LogP contribution in [0, 0.1) is 6.92 Å². The molecule has 2 rings (SSSR count). The Morgan fingerprint density at radius 3 is 2.75 bits per heavy atom. The van der Waals surface area contributed by atoms with Gasteiger partial charge in [-0.05, 0) is 25.5 Å². The second-order valence-electron chi connectivity index (χ2n) is 4.32. The number of halogens is 1. The number of pyridine rings is 1. The molecule has 3 nitrogen and oxygen atoms in total. The summed E-state index contributed by atoms with van der Waals surface area (Å²) in [4.78, 5) is 6.87. The van der Waals surface area contributed by atoms with Crippen LogP contribution < -0.4 is 5.32 Å². The van der Waals surface area contributed by atoms with E-state index in [1.807, 2.05) is 6.92 Å². The summed E-state index contributed by atoms with van der Waals surface area (Å²) in [6, 6.07) is 2.47. The lowest BCUT2D eigenvalue weighted by Gasteiger charge is -2.32. The van der Waals surface area contributed by atoms with Crippen molar-refractivity contribution in [2.45, 2.75) is 19.9 Å². The van der Waals surface area contributed by atoms with Gasteiger partial charge in [0.15, 0.2) is 0 Å². The maximum absolute atomic E-state index is 5.99. The van der Waals surface area contributed by atoms with Crippen molar-refractivity contribution >= 4 is 11.6 Å². The first kappa shape index (κ1) is 11.8. The fourth-order valence-electron chi connectivity index (χ4n) is 2.05. The molecule has 4 heteroatoms. The third-order valence-electron chi connectivity index (χ3n) is 3.20. The molecular formula is C12H18ClN3. The van der Waals surface area contributed by atoms with Crippen molar-refractivity contribution < 1.29 is 0 Å². The van der Waals surface area contributed by atoms with Crippen molar-refractivity contribution in [1.82, 2.24) is 15.2 Å². The number of aromatic nitrogens is 1. The second-order valence-corrected chi connectivity index (χ2v) is 4.73. The highest BCUT2D eigenvalue weighted by atomic mass is 35.5. The topological polar surface area (TPSA) is 28.2 Å². The molecular weight excluding hydrogens is 222 g/mol. The van der Waals surface area contributed by atoms with Crippen LogP contribution in [0.1, 0.15) is 24.2 Å². The van der Waals surface area contributed by atoms with Crippen molar-refractivity contribution in [3.8, 4) is 0 Å². The van der Waals surface area contributed by atoms with E-state index < -0.39 is 0 Å². The number of aryl methyl sites for hydroxylation is 1. The normalized spacial score (nSPS) is 19.7. The number of nitrogens with zero attached hydrogens (tertiary/aromatic N) is 2. The van der Waals surface area contributed by atoms with Crippen LogP contribution in [-0.2, 0) is 0 Å². The summed E-state index contributed by atoms with van der Waals surface area (Å²) < 4.78 is 0. The lowest BCUT2D eigenvalue weighted by molar-refractivity contribution is 0.182. The lowest BCUT2D eigenvalue weighted by atomic mass is 10.1. The Morgan fingerprint density at radius 1 is 1.44 bits per heavy atom. The summed E-state index contributed by atoms with van der Waals surface area (Å²) in [7, 11) is 0. The Kier molecular flexibility index (Phi) is 3.79. The highest BCUT2D eigenvalue weighted by Gasteiger charge is 2.19. The summed E-state index contributed by atoms with van der Waals surface area (Å²) >= 11 is 5.99. The Labute approximate surface area is 102 Å². The molecule has 2 heterocycles. The van der Waals surface area contributed by atoms with E-state index in [9.17, 15) is 0 Å². The van der Waals surface area contributed by atoms with Gasteiger partial charge in [0.1, 0.15) is 0 Å². The lowest BCUT2D eigenvalue weighted by Crippen LogP contribution is -2.44.